The predicted octanol–water partition coefficient (Wildman–Crippen LogP) is 4.45. The Morgan fingerprint density at radius 2 is 2.31 bits per heavy atom. The van der Waals surface area contributed by atoms with Crippen LogP contribution in [0.5, 0.6) is 5.75 Å². The van der Waals surface area contributed by atoms with Gasteiger partial charge in [0.05, 0.1) is 22.9 Å². The van der Waals surface area contributed by atoms with Crippen molar-refractivity contribution in [2.45, 2.75) is 56.4 Å². The molecule has 1 aromatic heterocycles. The lowest BCUT2D eigenvalue weighted by atomic mass is 9.97. The fourth-order valence-corrected chi connectivity index (χ4v) is 3.97. The zero-order valence-electron chi connectivity index (χ0n) is 15.5. The van der Waals surface area contributed by atoms with E-state index in [-0.39, 0.29) is 11.2 Å². The van der Waals surface area contributed by atoms with E-state index in [1.54, 1.807) is 0 Å². The monoisotopic (exact) mass is 373 g/mol. The molecule has 0 radical (unpaired) electrons. The van der Waals surface area contributed by atoms with E-state index < -0.39 is 0 Å². The molecule has 2 N–H and O–H groups in total. The Balaban J connectivity index is 1.51. The van der Waals surface area contributed by atoms with Gasteiger partial charge in [0.1, 0.15) is 5.75 Å². The van der Waals surface area contributed by atoms with E-state index in [9.17, 15) is 4.79 Å². The number of imidazole rings is 1. The van der Waals surface area contributed by atoms with Gasteiger partial charge in [-0.3, -0.25) is 4.79 Å². The third-order valence-corrected chi connectivity index (χ3v) is 5.51. The molecule has 0 bridgehead atoms. The van der Waals surface area contributed by atoms with Crippen LogP contribution < -0.4 is 10.1 Å². The highest BCUT2D eigenvalue weighted by atomic mass is 32.2. The number of aromatic amines is 1. The predicted molar refractivity (Wildman–Crippen MR) is 107 cm³/mol. The van der Waals surface area contributed by atoms with Crippen molar-refractivity contribution >= 4 is 28.7 Å². The molecule has 140 valence electrons. The summed E-state index contributed by atoms with van der Waals surface area (Å²) in [6, 6.07) is 5.79. The largest absolute Gasteiger partial charge is 0.494 e. The Labute approximate surface area is 159 Å². The maximum Gasteiger partial charge on any atom is 0.233 e. The number of fused-ring (bicyclic) bond motifs is 1. The number of hydrogen-bond acceptors (Lipinski definition) is 4. The number of hydrogen-bond donors (Lipinski definition) is 2. The standard InChI is InChI=1S/C20H27N3O2S/c1-3-25-16-9-10-17-18(13-16)23-20(22-17)26-14(2)19(24)21-12-11-15-7-5-4-6-8-15/h7,9-10,13-14H,3-6,8,11-12H2,1-2H3,(H,21,24)(H,22,23)/t14-/m0/s1. The lowest BCUT2D eigenvalue weighted by Gasteiger charge is -2.14. The Kier molecular flexibility index (Phi) is 6.61. The normalized spacial score (nSPS) is 15.5. The average Bonchev–Trinajstić information content (AvgIpc) is 3.04. The fraction of sp³-hybridized carbons (Fsp3) is 0.500. The van der Waals surface area contributed by atoms with E-state index >= 15 is 0 Å². The molecular weight excluding hydrogens is 346 g/mol. The summed E-state index contributed by atoms with van der Waals surface area (Å²) < 4.78 is 5.51. The molecule has 1 aliphatic carbocycles. The molecule has 5 nitrogen and oxygen atoms in total. The number of amides is 1. The van der Waals surface area contributed by atoms with Crippen LogP contribution in [0.15, 0.2) is 35.0 Å². The number of ether oxygens (including phenoxy) is 1. The number of nitrogens with zero attached hydrogens (tertiary/aromatic N) is 1. The second kappa shape index (κ2) is 9.12. The van der Waals surface area contributed by atoms with Crippen LogP contribution in [-0.2, 0) is 4.79 Å². The maximum atomic E-state index is 12.3. The minimum atomic E-state index is -0.192. The van der Waals surface area contributed by atoms with Gasteiger partial charge < -0.3 is 15.0 Å². The molecule has 26 heavy (non-hydrogen) atoms. The summed E-state index contributed by atoms with van der Waals surface area (Å²) in [7, 11) is 0. The van der Waals surface area contributed by atoms with Crippen LogP contribution >= 0.6 is 11.8 Å². The van der Waals surface area contributed by atoms with Crippen molar-refractivity contribution < 1.29 is 9.53 Å². The van der Waals surface area contributed by atoms with Crippen molar-refractivity contribution in [2.75, 3.05) is 13.2 Å². The lowest BCUT2D eigenvalue weighted by molar-refractivity contribution is -0.120. The summed E-state index contributed by atoms with van der Waals surface area (Å²) >= 11 is 1.45. The van der Waals surface area contributed by atoms with Gasteiger partial charge in [0.25, 0.3) is 0 Å². The van der Waals surface area contributed by atoms with Gasteiger partial charge in [0.15, 0.2) is 5.16 Å². The number of rotatable bonds is 8. The summed E-state index contributed by atoms with van der Waals surface area (Å²) in [4.78, 5) is 20.2. The van der Waals surface area contributed by atoms with Gasteiger partial charge in [-0.25, -0.2) is 4.98 Å². The van der Waals surface area contributed by atoms with Crippen LogP contribution in [0.2, 0.25) is 0 Å². The van der Waals surface area contributed by atoms with Crippen molar-refractivity contribution in [1.29, 1.82) is 0 Å². The number of aromatic nitrogens is 2. The molecule has 1 atom stereocenters. The van der Waals surface area contributed by atoms with E-state index in [0.717, 1.165) is 28.4 Å². The first kappa shape index (κ1) is 18.8. The fourth-order valence-electron chi connectivity index (χ4n) is 3.12. The average molecular weight is 374 g/mol. The molecule has 3 rings (SSSR count). The number of H-pyrrole nitrogens is 1. The van der Waals surface area contributed by atoms with Crippen LogP contribution in [0, 0.1) is 0 Å². The molecule has 0 saturated carbocycles. The van der Waals surface area contributed by atoms with Crippen LogP contribution in [0.4, 0.5) is 0 Å². The minimum absolute atomic E-state index is 0.0573. The van der Waals surface area contributed by atoms with E-state index in [2.05, 4.69) is 21.4 Å². The summed E-state index contributed by atoms with van der Waals surface area (Å²) in [5.41, 5.74) is 3.29. The van der Waals surface area contributed by atoms with Crippen molar-refractivity contribution in [3.8, 4) is 5.75 Å². The van der Waals surface area contributed by atoms with Crippen LogP contribution in [0.1, 0.15) is 46.0 Å². The molecule has 0 fully saturated rings. The first-order valence-corrected chi connectivity index (χ1v) is 10.3. The molecule has 1 aromatic carbocycles. The van der Waals surface area contributed by atoms with Gasteiger partial charge in [-0.05, 0) is 58.1 Å². The Morgan fingerprint density at radius 3 is 3.08 bits per heavy atom. The Morgan fingerprint density at radius 1 is 1.42 bits per heavy atom. The topological polar surface area (TPSA) is 67.0 Å². The van der Waals surface area contributed by atoms with Crippen molar-refractivity contribution in [3.63, 3.8) is 0 Å². The highest BCUT2D eigenvalue weighted by Crippen LogP contribution is 2.26. The minimum Gasteiger partial charge on any atom is -0.494 e. The second-order valence-corrected chi connectivity index (χ2v) is 7.89. The SMILES string of the molecule is CCOc1ccc2nc(S[C@@H](C)C(=O)NCCC3=CCCCC3)[nH]c2c1. The van der Waals surface area contributed by atoms with Gasteiger partial charge in [-0.2, -0.15) is 0 Å². The van der Waals surface area contributed by atoms with Crippen molar-refractivity contribution in [3.05, 3.63) is 29.8 Å². The van der Waals surface area contributed by atoms with Crippen LogP contribution in [-0.4, -0.2) is 34.3 Å². The molecular formula is C20H27N3O2S. The van der Waals surface area contributed by atoms with Crippen molar-refractivity contribution in [2.24, 2.45) is 0 Å². The molecule has 0 spiro atoms. The molecule has 0 aliphatic heterocycles. The third kappa shape index (κ3) is 5.04. The van der Waals surface area contributed by atoms with Gasteiger partial charge in [-0.15, -0.1) is 0 Å². The Hall–Kier alpha value is -1.95. The number of allylic oxidation sites excluding steroid dienone is 1. The highest BCUT2D eigenvalue weighted by Gasteiger charge is 2.16. The van der Waals surface area contributed by atoms with E-state index in [0.29, 0.717) is 13.2 Å². The molecule has 0 saturated heterocycles. The number of thioether (sulfide) groups is 1. The second-order valence-electron chi connectivity index (χ2n) is 6.56. The highest BCUT2D eigenvalue weighted by molar-refractivity contribution is 8.00. The maximum absolute atomic E-state index is 12.3. The molecule has 1 amide bonds. The number of benzene rings is 1. The first-order valence-electron chi connectivity index (χ1n) is 9.40. The van der Waals surface area contributed by atoms with E-state index in [1.807, 2.05) is 32.0 Å². The molecule has 2 aromatic rings. The smallest absolute Gasteiger partial charge is 0.233 e. The zero-order chi connectivity index (χ0) is 18.4. The summed E-state index contributed by atoms with van der Waals surface area (Å²) in [5.74, 6) is 0.880. The summed E-state index contributed by atoms with van der Waals surface area (Å²) in [6.45, 7) is 5.23. The van der Waals surface area contributed by atoms with Gasteiger partial charge in [0.2, 0.25) is 5.91 Å². The van der Waals surface area contributed by atoms with Gasteiger partial charge in [0, 0.05) is 12.6 Å². The Bertz CT molecular complexity index is 784. The third-order valence-electron chi connectivity index (χ3n) is 4.53. The van der Waals surface area contributed by atoms with Gasteiger partial charge >= 0.3 is 0 Å². The van der Waals surface area contributed by atoms with E-state index in [1.165, 1.54) is 43.0 Å². The molecule has 6 heteroatoms. The molecule has 0 unspecified atom stereocenters. The quantitative estimate of drug-likeness (QED) is 0.530. The van der Waals surface area contributed by atoms with Crippen LogP contribution in [0.25, 0.3) is 11.0 Å². The molecule has 1 aliphatic rings. The number of carbonyl (C=O) groups excluding carboxylic acids is 1. The first-order chi connectivity index (χ1) is 12.7. The summed E-state index contributed by atoms with van der Waals surface area (Å²) in [6.07, 6.45) is 8.25. The van der Waals surface area contributed by atoms with Gasteiger partial charge in [-0.1, -0.05) is 23.4 Å². The summed E-state index contributed by atoms with van der Waals surface area (Å²) in [5, 5.41) is 3.61. The van der Waals surface area contributed by atoms with E-state index in [4.69, 9.17) is 4.74 Å². The van der Waals surface area contributed by atoms with Crippen LogP contribution in [0.3, 0.4) is 0 Å². The lowest BCUT2D eigenvalue weighted by Crippen LogP contribution is -2.31. The zero-order valence-corrected chi connectivity index (χ0v) is 16.3. The number of carbonyl (C=O) groups is 1. The molecule has 1 heterocycles. The number of nitrogens with one attached hydrogen (secondary N) is 2. The van der Waals surface area contributed by atoms with Crippen molar-refractivity contribution in [1.82, 2.24) is 15.3 Å².